The molecular weight excluding hydrogens is 324 g/mol. The third-order valence-corrected chi connectivity index (χ3v) is 3.13. The molecule has 10 heteroatoms. The number of hydrogen-bond acceptors (Lipinski definition) is 9. The summed E-state index contributed by atoms with van der Waals surface area (Å²) in [4.78, 5) is 30.7. The van der Waals surface area contributed by atoms with Gasteiger partial charge in [-0.3, -0.25) is 10.1 Å². The van der Waals surface area contributed by atoms with Crippen LogP contribution >= 0.6 is 0 Å². The molecule has 10 nitrogen and oxygen atoms in total. The molecule has 0 aliphatic carbocycles. The van der Waals surface area contributed by atoms with Crippen LogP contribution in [0.2, 0.25) is 0 Å². The molecule has 0 spiro atoms. The number of nitrogens with one attached hydrogen (secondary N) is 3. The summed E-state index contributed by atoms with van der Waals surface area (Å²) in [6, 6.07) is 0.147. The Morgan fingerprint density at radius 1 is 1.20 bits per heavy atom. The fraction of sp³-hybridized carbons (Fsp3) is 0.533. The Labute approximate surface area is 146 Å². The zero-order valence-corrected chi connectivity index (χ0v) is 15.0. The second-order valence-corrected chi connectivity index (χ2v) is 5.50. The van der Waals surface area contributed by atoms with Crippen LogP contribution in [0.5, 0.6) is 0 Å². The van der Waals surface area contributed by atoms with E-state index in [0.717, 1.165) is 6.54 Å². The van der Waals surface area contributed by atoms with Crippen LogP contribution in [0.4, 0.5) is 17.9 Å². The second kappa shape index (κ2) is 8.92. The van der Waals surface area contributed by atoms with Crippen molar-refractivity contribution in [3.8, 4) is 0 Å². The molecule has 0 radical (unpaired) electrons. The quantitative estimate of drug-likeness (QED) is 0.606. The number of hydrogen-bond donors (Lipinski definition) is 3. The lowest BCUT2D eigenvalue weighted by Crippen LogP contribution is -2.22. The predicted octanol–water partition coefficient (Wildman–Crippen LogP) is 0.889. The van der Waals surface area contributed by atoms with E-state index in [-0.39, 0.29) is 17.7 Å². The smallest absolute Gasteiger partial charge is 0.302 e. The molecule has 2 rings (SSSR count). The van der Waals surface area contributed by atoms with Crippen LogP contribution in [-0.2, 0) is 6.42 Å². The van der Waals surface area contributed by atoms with E-state index < -0.39 is 0 Å². The minimum atomic E-state index is -0.320. The van der Waals surface area contributed by atoms with Crippen molar-refractivity contribution >= 4 is 23.8 Å². The number of aromatic nitrogens is 4. The monoisotopic (exact) mass is 348 g/mol. The normalized spacial score (nSPS) is 10.8. The van der Waals surface area contributed by atoms with Crippen LogP contribution in [-0.4, -0.2) is 64.5 Å². The fourth-order valence-electron chi connectivity index (χ4n) is 1.88. The van der Waals surface area contributed by atoms with Crippen LogP contribution < -0.4 is 16.0 Å². The molecule has 0 saturated heterocycles. The molecular formula is C15H24N8O2. The molecule has 25 heavy (non-hydrogen) atoms. The lowest BCUT2D eigenvalue weighted by Gasteiger charge is -2.11. The molecule has 0 aliphatic heterocycles. The zero-order chi connectivity index (χ0) is 18.2. The second-order valence-electron chi connectivity index (χ2n) is 5.50. The number of anilines is 3. The number of carbonyl (C=O) groups is 1. The van der Waals surface area contributed by atoms with E-state index in [9.17, 15) is 4.79 Å². The third kappa shape index (κ3) is 5.68. The minimum Gasteiger partial charge on any atom is -0.418 e. The Morgan fingerprint density at radius 3 is 2.64 bits per heavy atom. The maximum absolute atomic E-state index is 11.7. The van der Waals surface area contributed by atoms with Gasteiger partial charge in [0, 0.05) is 26.1 Å². The molecule has 2 heterocycles. The van der Waals surface area contributed by atoms with Crippen molar-refractivity contribution in [2.24, 2.45) is 0 Å². The van der Waals surface area contributed by atoms with Crippen molar-refractivity contribution in [3.63, 3.8) is 0 Å². The number of oxazole rings is 1. The maximum Gasteiger partial charge on any atom is 0.302 e. The summed E-state index contributed by atoms with van der Waals surface area (Å²) in [5.74, 6) is 1.23. The van der Waals surface area contributed by atoms with Crippen LogP contribution in [0.3, 0.4) is 0 Å². The Hall–Kier alpha value is -2.75. The fourth-order valence-corrected chi connectivity index (χ4v) is 1.88. The largest absolute Gasteiger partial charge is 0.418 e. The highest BCUT2D eigenvalue weighted by Gasteiger charge is 2.13. The molecule has 0 saturated carbocycles. The Kier molecular flexibility index (Phi) is 6.63. The van der Waals surface area contributed by atoms with Gasteiger partial charge in [0.25, 0.3) is 5.91 Å². The summed E-state index contributed by atoms with van der Waals surface area (Å²) in [7, 11) is 3.99. The van der Waals surface area contributed by atoms with Gasteiger partial charge in [-0.05, 0) is 21.0 Å². The van der Waals surface area contributed by atoms with Gasteiger partial charge < -0.3 is 20.0 Å². The van der Waals surface area contributed by atoms with E-state index in [4.69, 9.17) is 4.42 Å². The van der Waals surface area contributed by atoms with Gasteiger partial charge in [0.1, 0.15) is 5.82 Å². The van der Waals surface area contributed by atoms with Gasteiger partial charge >= 0.3 is 6.01 Å². The van der Waals surface area contributed by atoms with Crippen molar-refractivity contribution in [1.82, 2.24) is 30.2 Å². The lowest BCUT2D eigenvalue weighted by molar-refractivity contribution is 0.0929. The highest BCUT2D eigenvalue weighted by Crippen LogP contribution is 2.15. The predicted molar refractivity (Wildman–Crippen MR) is 94.0 cm³/mol. The first kappa shape index (κ1) is 18.6. The van der Waals surface area contributed by atoms with Crippen molar-refractivity contribution in [2.75, 3.05) is 44.4 Å². The highest BCUT2D eigenvalue weighted by molar-refractivity contribution is 5.91. The number of rotatable bonds is 9. The summed E-state index contributed by atoms with van der Waals surface area (Å²) in [5.41, 5.74) is 0. The van der Waals surface area contributed by atoms with Crippen LogP contribution in [0.25, 0.3) is 0 Å². The SMILES string of the molecule is CCNC(=O)c1cnc(Nc2nc(CC)nc(NCCN(C)C)n2)o1. The van der Waals surface area contributed by atoms with Gasteiger partial charge in [-0.15, -0.1) is 0 Å². The number of amides is 1. The first-order valence-electron chi connectivity index (χ1n) is 8.16. The summed E-state index contributed by atoms with van der Waals surface area (Å²) >= 11 is 0. The van der Waals surface area contributed by atoms with E-state index in [0.29, 0.717) is 37.2 Å². The van der Waals surface area contributed by atoms with Crippen molar-refractivity contribution in [2.45, 2.75) is 20.3 Å². The summed E-state index contributed by atoms with van der Waals surface area (Å²) in [6.07, 6.45) is 2.01. The molecule has 2 aromatic heterocycles. The number of aryl methyl sites for hydroxylation is 1. The van der Waals surface area contributed by atoms with Gasteiger partial charge in [-0.1, -0.05) is 6.92 Å². The lowest BCUT2D eigenvalue weighted by atomic mass is 10.4. The molecule has 0 unspecified atom stereocenters. The van der Waals surface area contributed by atoms with Crippen LogP contribution in [0, 0.1) is 0 Å². The molecule has 136 valence electrons. The Balaban J connectivity index is 2.09. The Morgan fingerprint density at radius 2 is 1.96 bits per heavy atom. The van der Waals surface area contributed by atoms with E-state index in [1.54, 1.807) is 0 Å². The van der Waals surface area contributed by atoms with Crippen molar-refractivity contribution < 1.29 is 9.21 Å². The molecule has 0 bridgehead atoms. The van der Waals surface area contributed by atoms with E-state index in [2.05, 4.69) is 40.8 Å². The van der Waals surface area contributed by atoms with Gasteiger partial charge in [-0.25, -0.2) is 4.98 Å². The topological polar surface area (TPSA) is 121 Å². The molecule has 0 aliphatic rings. The van der Waals surface area contributed by atoms with Gasteiger partial charge in [0.2, 0.25) is 17.7 Å². The Bertz CT molecular complexity index is 701. The summed E-state index contributed by atoms with van der Waals surface area (Å²) < 4.78 is 5.37. The van der Waals surface area contributed by atoms with Crippen molar-refractivity contribution in [1.29, 1.82) is 0 Å². The number of likely N-dealkylation sites (N-methyl/N-ethyl adjacent to an activating group) is 1. The average molecular weight is 348 g/mol. The maximum atomic E-state index is 11.7. The first-order chi connectivity index (χ1) is 12.0. The van der Waals surface area contributed by atoms with Gasteiger partial charge in [-0.2, -0.15) is 15.0 Å². The average Bonchev–Trinajstić information content (AvgIpc) is 3.03. The molecule has 2 aromatic rings. The molecule has 0 fully saturated rings. The summed E-state index contributed by atoms with van der Waals surface area (Å²) in [5, 5.41) is 8.67. The van der Waals surface area contributed by atoms with E-state index in [1.807, 2.05) is 27.9 Å². The van der Waals surface area contributed by atoms with E-state index in [1.165, 1.54) is 6.20 Å². The van der Waals surface area contributed by atoms with Crippen LogP contribution in [0.1, 0.15) is 30.2 Å². The third-order valence-electron chi connectivity index (χ3n) is 3.13. The minimum absolute atomic E-state index is 0.124. The van der Waals surface area contributed by atoms with E-state index >= 15 is 0 Å². The van der Waals surface area contributed by atoms with Gasteiger partial charge in [0.15, 0.2) is 0 Å². The van der Waals surface area contributed by atoms with Crippen LogP contribution in [0.15, 0.2) is 10.6 Å². The summed E-state index contributed by atoms with van der Waals surface area (Å²) in [6.45, 7) is 5.86. The highest BCUT2D eigenvalue weighted by atomic mass is 16.4. The standard InChI is InChI=1S/C15H24N8O2/c1-5-11-19-13(17-7-8-23(3)4)21-14(20-11)22-15-18-9-10(25-15)12(24)16-6-2/h9H,5-8H2,1-4H3,(H,16,24)(H2,17,18,19,20,21,22). The number of nitrogens with zero attached hydrogens (tertiary/aromatic N) is 5. The molecule has 1 amide bonds. The number of carbonyl (C=O) groups excluding carboxylic acids is 1. The first-order valence-corrected chi connectivity index (χ1v) is 8.16. The zero-order valence-electron chi connectivity index (χ0n) is 15.0. The van der Waals surface area contributed by atoms with Crippen molar-refractivity contribution in [3.05, 3.63) is 17.8 Å². The van der Waals surface area contributed by atoms with Gasteiger partial charge in [0.05, 0.1) is 6.20 Å². The molecule has 0 atom stereocenters. The molecule has 0 aromatic carbocycles. The molecule has 3 N–H and O–H groups in total.